The SMILES string of the molecule is CC1OC(c2ccc(O)c(O)c2)=N[C@H]1C(=O)NN. The third-order valence-electron chi connectivity index (χ3n) is 2.63. The molecule has 0 aliphatic carbocycles. The van der Waals surface area contributed by atoms with Crippen LogP contribution in [0.5, 0.6) is 11.5 Å². The maximum Gasteiger partial charge on any atom is 0.262 e. The van der Waals surface area contributed by atoms with E-state index in [1.807, 2.05) is 5.43 Å². The zero-order valence-electron chi connectivity index (χ0n) is 9.62. The molecule has 0 saturated heterocycles. The van der Waals surface area contributed by atoms with Crippen molar-refractivity contribution in [3.63, 3.8) is 0 Å². The molecule has 1 amide bonds. The Hall–Kier alpha value is -2.28. The van der Waals surface area contributed by atoms with Crippen molar-refractivity contribution in [3.8, 4) is 11.5 Å². The number of phenols is 2. The van der Waals surface area contributed by atoms with E-state index >= 15 is 0 Å². The molecule has 1 aliphatic rings. The fourth-order valence-corrected chi connectivity index (χ4v) is 1.66. The fraction of sp³-hybridized carbons (Fsp3) is 0.273. The second kappa shape index (κ2) is 4.53. The third-order valence-corrected chi connectivity index (χ3v) is 2.63. The van der Waals surface area contributed by atoms with Crippen LogP contribution in [0.25, 0.3) is 0 Å². The average molecular weight is 251 g/mol. The summed E-state index contributed by atoms with van der Waals surface area (Å²) in [6, 6.07) is 3.44. The number of carbonyl (C=O) groups is 1. The predicted molar refractivity (Wildman–Crippen MR) is 63.0 cm³/mol. The lowest BCUT2D eigenvalue weighted by Crippen LogP contribution is -2.41. The summed E-state index contributed by atoms with van der Waals surface area (Å²) in [5, 5.41) is 18.6. The Labute approximate surface area is 103 Å². The summed E-state index contributed by atoms with van der Waals surface area (Å²) >= 11 is 0. The molecule has 1 aromatic carbocycles. The van der Waals surface area contributed by atoms with E-state index in [-0.39, 0.29) is 17.4 Å². The van der Waals surface area contributed by atoms with Crippen molar-refractivity contribution < 1.29 is 19.7 Å². The Bertz CT molecular complexity index is 515. The van der Waals surface area contributed by atoms with Crippen LogP contribution in [-0.4, -0.2) is 34.2 Å². The first-order chi connectivity index (χ1) is 8.52. The molecular weight excluding hydrogens is 238 g/mol. The number of nitrogens with two attached hydrogens (primary N) is 1. The van der Waals surface area contributed by atoms with Crippen LogP contribution in [0.3, 0.4) is 0 Å². The number of nitrogens with one attached hydrogen (secondary N) is 1. The summed E-state index contributed by atoms with van der Waals surface area (Å²) in [7, 11) is 0. The highest BCUT2D eigenvalue weighted by molar-refractivity contribution is 5.99. The lowest BCUT2D eigenvalue weighted by molar-refractivity contribution is -0.123. The molecule has 0 bridgehead atoms. The maximum absolute atomic E-state index is 11.4. The van der Waals surface area contributed by atoms with Gasteiger partial charge in [-0.25, -0.2) is 10.8 Å². The summed E-state index contributed by atoms with van der Waals surface area (Å²) < 4.78 is 5.42. The summed E-state index contributed by atoms with van der Waals surface area (Å²) in [5.41, 5.74) is 2.49. The molecule has 7 heteroatoms. The highest BCUT2D eigenvalue weighted by Gasteiger charge is 2.33. The molecule has 7 nitrogen and oxygen atoms in total. The van der Waals surface area contributed by atoms with Crippen molar-refractivity contribution in [1.29, 1.82) is 0 Å². The smallest absolute Gasteiger partial charge is 0.262 e. The van der Waals surface area contributed by atoms with Gasteiger partial charge in [0.2, 0.25) is 5.90 Å². The van der Waals surface area contributed by atoms with Gasteiger partial charge in [0, 0.05) is 5.56 Å². The normalized spacial score (nSPS) is 22.2. The van der Waals surface area contributed by atoms with E-state index in [1.54, 1.807) is 6.92 Å². The summed E-state index contributed by atoms with van der Waals surface area (Å²) in [5.74, 6) is 4.31. The van der Waals surface area contributed by atoms with Crippen LogP contribution >= 0.6 is 0 Å². The van der Waals surface area contributed by atoms with E-state index in [1.165, 1.54) is 18.2 Å². The van der Waals surface area contributed by atoms with Crippen molar-refractivity contribution in [2.75, 3.05) is 0 Å². The number of aromatic hydroxyl groups is 2. The molecule has 1 aromatic rings. The van der Waals surface area contributed by atoms with Crippen molar-refractivity contribution in [1.82, 2.24) is 5.43 Å². The van der Waals surface area contributed by atoms with Crippen LogP contribution in [0, 0.1) is 0 Å². The second-order valence-corrected chi connectivity index (χ2v) is 3.91. The number of amides is 1. The molecule has 5 N–H and O–H groups in total. The lowest BCUT2D eigenvalue weighted by atomic mass is 10.2. The molecule has 1 aliphatic heterocycles. The van der Waals surface area contributed by atoms with E-state index in [0.29, 0.717) is 5.56 Å². The van der Waals surface area contributed by atoms with E-state index in [9.17, 15) is 15.0 Å². The minimum absolute atomic E-state index is 0.228. The highest BCUT2D eigenvalue weighted by atomic mass is 16.5. The van der Waals surface area contributed by atoms with Gasteiger partial charge < -0.3 is 14.9 Å². The van der Waals surface area contributed by atoms with Crippen molar-refractivity contribution >= 4 is 11.8 Å². The van der Waals surface area contributed by atoms with Gasteiger partial charge >= 0.3 is 0 Å². The molecule has 0 aromatic heterocycles. The number of hydrazine groups is 1. The fourth-order valence-electron chi connectivity index (χ4n) is 1.66. The minimum Gasteiger partial charge on any atom is -0.504 e. The Balaban J connectivity index is 2.29. The standard InChI is InChI=1S/C11H13N3O4/c1-5-9(10(17)14-12)13-11(18-5)6-2-3-7(15)8(16)4-6/h2-5,9,15-16H,12H2,1H3,(H,14,17)/t5?,9-/m1/s1. The molecule has 2 atom stereocenters. The van der Waals surface area contributed by atoms with Crippen LogP contribution in [0.2, 0.25) is 0 Å². The largest absolute Gasteiger partial charge is 0.504 e. The minimum atomic E-state index is -0.721. The molecule has 0 spiro atoms. The number of carbonyl (C=O) groups excluding carboxylic acids is 1. The molecule has 96 valence electrons. The van der Waals surface area contributed by atoms with Gasteiger partial charge in [-0.3, -0.25) is 10.2 Å². The number of rotatable bonds is 2. The maximum atomic E-state index is 11.4. The number of nitrogens with zero attached hydrogens (tertiary/aromatic N) is 1. The highest BCUT2D eigenvalue weighted by Crippen LogP contribution is 2.27. The van der Waals surface area contributed by atoms with E-state index in [0.717, 1.165) is 0 Å². The zero-order valence-corrected chi connectivity index (χ0v) is 9.62. The molecular formula is C11H13N3O4. The van der Waals surface area contributed by atoms with Gasteiger partial charge in [-0.2, -0.15) is 0 Å². The zero-order chi connectivity index (χ0) is 13.3. The Morgan fingerprint density at radius 2 is 2.17 bits per heavy atom. The summed E-state index contributed by atoms with van der Waals surface area (Å²) in [6.45, 7) is 1.69. The quantitative estimate of drug-likeness (QED) is 0.247. The number of hydrogen-bond acceptors (Lipinski definition) is 6. The van der Waals surface area contributed by atoms with E-state index in [2.05, 4.69) is 4.99 Å². The molecule has 1 unspecified atom stereocenters. The molecule has 2 rings (SSSR count). The van der Waals surface area contributed by atoms with Crippen LogP contribution in [-0.2, 0) is 9.53 Å². The summed E-state index contributed by atoms with van der Waals surface area (Å²) in [6.07, 6.45) is -0.445. The molecule has 0 saturated carbocycles. The van der Waals surface area contributed by atoms with E-state index in [4.69, 9.17) is 10.6 Å². The molecule has 0 radical (unpaired) electrons. The third kappa shape index (κ3) is 2.07. The Kier molecular flexibility index (Phi) is 3.07. The van der Waals surface area contributed by atoms with Crippen LogP contribution in [0.15, 0.2) is 23.2 Å². The van der Waals surface area contributed by atoms with E-state index < -0.39 is 18.1 Å². The molecule has 1 heterocycles. The Morgan fingerprint density at radius 3 is 2.78 bits per heavy atom. The van der Waals surface area contributed by atoms with Gasteiger partial charge in [-0.1, -0.05) is 0 Å². The van der Waals surface area contributed by atoms with Gasteiger partial charge in [-0.05, 0) is 25.1 Å². The van der Waals surface area contributed by atoms with Gasteiger partial charge in [0.05, 0.1) is 0 Å². The number of hydrogen-bond donors (Lipinski definition) is 4. The number of benzene rings is 1. The topological polar surface area (TPSA) is 117 Å². The first-order valence-electron chi connectivity index (χ1n) is 5.30. The van der Waals surface area contributed by atoms with Gasteiger partial charge in [0.15, 0.2) is 17.5 Å². The van der Waals surface area contributed by atoms with Crippen molar-refractivity contribution in [3.05, 3.63) is 23.8 Å². The number of aliphatic imine (C=N–C) groups is 1. The first-order valence-corrected chi connectivity index (χ1v) is 5.30. The van der Waals surface area contributed by atoms with Gasteiger partial charge in [0.25, 0.3) is 5.91 Å². The first kappa shape index (κ1) is 12.2. The summed E-state index contributed by atoms with van der Waals surface area (Å²) in [4.78, 5) is 15.5. The van der Waals surface area contributed by atoms with Crippen molar-refractivity contribution in [2.24, 2.45) is 10.8 Å². The van der Waals surface area contributed by atoms with Gasteiger partial charge in [-0.15, -0.1) is 0 Å². The lowest BCUT2D eigenvalue weighted by Gasteiger charge is -2.10. The van der Waals surface area contributed by atoms with Crippen LogP contribution in [0.4, 0.5) is 0 Å². The Morgan fingerprint density at radius 1 is 1.44 bits per heavy atom. The molecule has 18 heavy (non-hydrogen) atoms. The second-order valence-electron chi connectivity index (χ2n) is 3.91. The monoisotopic (exact) mass is 251 g/mol. The average Bonchev–Trinajstić information content (AvgIpc) is 2.74. The van der Waals surface area contributed by atoms with Gasteiger partial charge in [0.1, 0.15) is 6.10 Å². The number of ether oxygens (including phenoxy) is 1. The van der Waals surface area contributed by atoms with Crippen LogP contribution in [0.1, 0.15) is 12.5 Å². The van der Waals surface area contributed by atoms with Crippen molar-refractivity contribution in [2.45, 2.75) is 19.1 Å². The van der Waals surface area contributed by atoms with Crippen LogP contribution < -0.4 is 11.3 Å². The molecule has 0 fully saturated rings. The predicted octanol–water partition coefficient (Wildman–Crippen LogP) is -0.378. The number of phenolic OH excluding ortho intramolecular Hbond substituents is 2.